The first kappa shape index (κ1) is 5.96. The molecule has 2 heteroatoms. The molecule has 10 heavy (non-hydrogen) atoms. The number of hydrogen-bond acceptors (Lipinski definition) is 2. The van der Waals surface area contributed by atoms with Gasteiger partial charge >= 0.3 is 5.97 Å². The molecule has 0 amide bonds. The number of allylic oxidation sites excluding steroid dienone is 1. The molecule has 0 aromatic carbocycles. The number of carbonyl (C=O) groups is 1. The van der Waals surface area contributed by atoms with Crippen LogP contribution in [0.15, 0.2) is 11.6 Å². The molecule has 0 radical (unpaired) electrons. The highest BCUT2D eigenvalue weighted by molar-refractivity contribution is 5.77. The second-order valence-corrected chi connectivity index (χ2v) is 3.13. The smallest absolute Gasteiger partial charge is 0.313 e. The molecular weight excluding hydrogens is 128 g/mol. The van der Waals surface area contributed by atoms with E-state index in [0.717, 1.165) is 6.42 Å². The lowest BCUT2D eigenvalue weighted by Gasteiger charge is -1.99. The highest BCUT2D eigenvalue weighted by Crippen LogP contribution is 2.35. The van der Waals surface area contributed by atoms with E-state index >= 15 is 0 Å². The molecule has 0 aromatic rings. The van der Waals surface area contributed by atoms with Crippen molar-refractivity contribution >= 4 is 5.97 Å². The van der Waals surface area contributed by atoms with Crippen LogP contribution in [0.3, 0.4) is 0 Å². The van der Waals surface area contributed by atoms with Crippen molar-refractivity contribution in [2.24, 2.45) is 11.8 Å². The van der Waals surface area contributed by atoms with Crippen LogP contribution in [0.5, 0.6) is 0 Å². The number of carbonyl (C=O) groups excluding carboxylic acids is 1. The number of ether oxygens (including phenoxy) is 1. The van der Waals surface area contributed by atoms with E-state index in [9.17, 15) is 4.79 Å². The predicted molar refractivity (Wildman–Crippen MR) is 36.3 cm³/mol. The van der Waals surface area contributed by atoms with E-state index in [-0.39, 0.29) is 11.9 Å². The fourth-order valence-electron chi connectivity index (χ4n) is 1.76. The molecule has 2 nitrogen and oxygen atoms in total. The summed E-state index contributed by atoms with van der Waals surface area (Å²) in [6.45, 7) is 2.71. The fraction of sp³-hybridized carbons (Fsp3) is 0.625. The summed E-state index contributed by atoms with van der Waals surface area (Å²) in [4.78, 5) is 10.9. The van der Waals surface area contributed by atoms with Gasteiger partial charge in [0.25, 0.3) is 0 Å². The zero-order chi connectivity index (χ0) is 7.14. The van der Waals surface area contributed by atoms with Crippen LogP contribution in [0.25, 0.3) is 0 Å². The van der Waals surface area contributed by atoms with Gasteiger partial charge in [0, 0.05) is 5.92 Å². The average molecular weight is 138 g/mol. The summed E-state index contributed by atoms with van der Waals surface area (Å²) in [6, 6.07) is 0. The zero-order valence-electron chi connectivity index (χ0n) is 5.96. The summed E-state index contributed by atoms with van der Waals surface area (Å²) in [5.74, 6) is 0.536. The standard InChI is InChI=1S/C8H10O2/c1-5-2-6-4-10-8(9)7(6)3-5/h3,6-7H,2,4H2,1H3. The van der Waals surface area contributed by atoms with E-state index in [4.69, 9.17) is 4.74 Å². The van der Waals surface area contributed by atoms with Gasteiger partial charge in [0.15, 0.2) is 0 Å². The molecule has 0 bridgehead atoms. The van der Waals surface area contributed by atoms with Gasteiger partial charge in [0.05, 0.1) is 12.5 Å². The van der Waals surface area contributed by atoms with Crippen LogP contribution >= 0.6 is 0 Å². The van der Waals surface area contributed by atoms with E-state index in [0.29, 0.717) is 12.5 Å². The zero-order valence-corrected chi connectivity index (χ0v) is 5.96. The molecule has 2 unspecified atom stereocenters. The lowest BCUT2D eigenvalue weighted by Crippen LogP contribution is -2.07. The molecular formula is C8H10O2. The van der Waals surface area contributed by atoms with Crippen molar-refractivity contribution in [1.29, 1.82) is 0 Å². The topological polar surface area (TPSA) is 26.3 Å². The number of cyclic esters (lactones) is 1. The van der Waals surface area contributed by atoms with Crippen molar-refractivity contribution in [2.75, 3.05) is 6.61 Å². The Bertz CT molecular complexity index is 205. The molecule has 2 aliphatic rings. The summed E-state index contributed by atoms with van der Waals surface area (Å²) < 4.78 is 4.88. The Morgan fingerprint density at radius 3 is 3.20 bits per heavy atom. The minimum atomic E-state index is -0.0261. The lowest BCUT2D eigenvalue weighted by atomic mass is 9.99. The van der Waals surface area contributed by atoms with E-state index in [1.54, 1.807) is 0 Å². The van der Waals surface area contributed by atoms with Gasteiger partial charge in [-0.1, -0.05) is 11.6 Å². The van der Waals surface area contributed by atoms with Crippen molar-refractivity contribution in [3.63, 3.8) is 0 Å². The quantitative estimate of drug-likeness (QED) is 0.370. The van der Waals surface area contributed by atoms with E-state index in [1.165, 1.54) is 5.57 Å². The monoisotopic (exact) mass is 138 g/mol. The number of esters is 1. The Labute approximate surface area is 59.9 Å². The minimum absolute atomic E-state index is 0.0261. The summed E-state index contributed by atoms with van der Waals surface area (Å²) in [5.41, 5.74) is 1.34. The second kappa shape index (κ2) is 1.84. The normalized spacial score (nSPS) is 37.3. The minimum Gasteiger partial charge on any atom is -0.465 e. The van der Waals surface area contributed by atoms with Crippen molar-refractivity contribution in [3.8, 4) is 0 Å². The third kappa shape index (κ3) is 0.681. The first-order valence-corrected chi connectivity index (χ1v) is 3.61. The van der Waals surface area contributed by atoms with Crippen molar-refractivity contribution < 1.29 is 9.53 Å². The highest BCUT2D eigenvalue weighted by Gasteiger charge is 2.38. The van der Waals surface area contributed by atoms with E-state index in [1.807, 2.05) is 6.08 Å². The molecule has 0 aromatic heterocycles. The van der Waals surface area contributed by atoms with Gasteiger partial charge in [-0.3, -0.25) is 4.79 Å². The first-order chi connectivity index (χ1) is 4.77. The van der Waals surface area contributed by atoms with Crippen LogP contribution in [0, 0.1) is 11.8 Å². The molecule has 2 rings (SSSR count). The van der Waals surface area contributed by atoms with Crippen LogP contribution < -0.4 is 0 Å². The number of fused-ring (bicyclic) bond motifs is 1. The second-order valence-electron chi connectivity index (χ2n) is 3.13. The Hall–Kier alpha value is -0.790. The third-order valence-electron chi connectivity index (χ3n) is 2.27. The van der Waals surface area contributed by atoms with Crippen LogP contribution in [-0.4, -0.2) is 12.6 Å². The SMILES string of the molecule is CC1=CC2C(=O)OCC2C1. The first-order valence-electron chi connectivity index (χ1n) is 3.61. The predicted octanol–water partition coefficient (Wildman–Crippen LogP) is 1.13. The van der Waals surface area contributed by atoms with E-state index in [2.05, 4.69) is 6.92 Å². The summed E-state index contributed by atoms with van der Waals surface area (Å²) in [7, 11) is 0. The molecule has 0 saturated carbocycles. The van der Waals surface area contributed by atoms with Crippen LogP contribution in [0.4, 0.5) is 0 Å². The van der Waals surface area contributed by atoms with Crippen molar-refractivity contribution in [3.05, 3.63) is 11.6 Å². The molecule has 1 aliphatic carbocycles. The van der Waals surface area contributed by atoms with Crippen LogP contribution in [0.2, 0.25) is 0 Å². The Kier molecular flexibility index (Phi) is 1.10. The largest absolute Gasteiger partial charge is 0.465 e. The summed E-state index contributed by atoms with van der Waals surface area (Å²) >= 11 is 0. The van der Waals surface area contributed by atoms with Gasteiger partial charge < -0.3 is 4.74 Å². The Balaban J connectivity index is 2.24. The summed E-state index contributed by atoms with van der Waals surface area (Å²) in [5, 5.41) is 0. The molecule has 1 aliphatic heterocycles. The van der Waals surface area contributed by atoms with Crippen molar-refractivity contribution in [2.45, 2.75) is 13.3 Å². The molecule has 54 valence electrons. The van der Waals surface area contributed by atoms with Crippen molar-refractivity contribution in [1.82, 2.24) is 0 Å². The average Bonchev–Trinajstić information content (AvgIpc) is 2.35. The van der Waals surface area contributed by atoms with Crippen LogP contribution in [0.1, 0.15) is 13.3 Å². The molecule has 0 N–H and O–H groups in total. The van der Waals surface area contributed by atoms with Gasteiger partial charge in [-0.25, -0.2) is 0 Å². The van der Waals surface area contributed by atoms with Gasteiger partial charge in [0.1, 0.15) is 0 Å². The number of hydrogen-bond donors (Lipinski definition) is 0. The van der Waals surface area contributed by atoms with Gasteiger partial charge in [-0.2, -0.15) is 0 Å². The molecule has 0 spiro atoms. The maximum Gasteiger partial charge on any atom is 0.313 e. The molecule has 1 fully saturated rings. The number of rotatable bonds is 0. The molecule has 1 saturated heterocycles. The third-order valence-corrected chi connectivity index (χ3v) is 2.27. The Morgan fingerprint density at radius 2 is 2.50 bits per heavy atom. The van der Waals surface area contributed by atoms with Gasteiger partial charge in [-0.15, -0.1) is 0 Å². The molecule has 2 atom stereocenters. The maximum atomic E-state index is 10.9. The summed E-state index contributed by atoms with van der Waals surface area (Å²) in [6.07, 6.45) is 3.09. The van der Waals surface area contributed by atoms with Gasteiger partial charge in [0.2, 0.25) is 0 Å². The van der Waals surface area contributed by atoms with Gasteiger partial charge in [-0.05, 0) is 13.3 Å². The Morgan fingerprint density at radius 1 is 1.70 bits per heavy atom. The van der Waals surface area contributed by atoms with Crippen LogP contribution in [-0.2, 0) is 9.53 Å². The maximum absolute atomic E-state index is 10.9. The van der Waals surface area contributed by atoms with E-state index < -0.39 is 0 Å². The highest BCUT2D eigenvalue weighted by atomic mass is 16.5. The molecule has 1 heterocycles. The fourth-order valence-corrected chi connectivity index (χ4v) is 1.76. The lowest BCUT2D eigenvalue weighted by molar-refractivity contribution is -0.140.